The van der Waals surface area contributed by atoms with Gasteiger partial charge < -0.3 is 0 Å². The minimum atomic E-state index is -3.39. The fourth-order valence-corrected chi connectivity index (χ4v) is 1.93. The molecule has 0 saturated carbocycles. The maximum Gasteiger partial charge on any atom is 0.244 e. The highest BCUT2D eigenvalue weighted by Gasteiger charge is 2.29. The molecule has 14 heavy (non-hydrogen) atoms. The predicted octanol–water partition coefficient (Wildman–Crippen LogP) is -1.27. The van der Waals surface area contributed by atoms with Gasteiger partial charge in [-0.2, -0.15) is 0 Å². The van der Waals surface area contributed by atoms with Crippen LogP contribution in [0.2, 0.25) is 0 Å². The molecule has 1 rings (SSSR count). The number of imide groups is 1. The third-order valence-corrected chi connectivity index (χ3v) is 3.34. The molecule has 80 valence electrons. The van der Waals surface area contributed by atoms with Crippen molar-refractivity contribution in [2.45, 2.75) is 25.8 Å². The molecular formula is C7H12N2O4S. The Labute approximate surface area is 82.1 Å². The zero-order valence-electron chi connectivity index (χ0n) is 7.74. The molecule has 0 aliphatic carbocycles. The molecule has 0 radical (unpaired) electrons. The van der Waals surface area contributed by atoms with Gasteiger partial charge in [0.25, 0.3) is 0 Å². The quantitative estimate of drug-likeness (QED) is 0.580. The molecule has 1 aliphatic heterocycles. The zero-order chi connectivity index (χ0) is 10.8. The summed E-state index contributed by atoms with van der Waals surface area (Å²) in [5, 5.41) is 2.07. The number of carbonyl (C=O) groups excluding carboxylic acids is 2. The minimum Gasteiger partial charge on any atom is -0.295 e. The Hall–Kier alpha value is -0.950. The van der Waals surface area contributed by atoms with E-state index in [0.717, 1.165) is 0 Å². The molecule has 1 fully saturated rings. The van der Waals surface area contributed by atoms with E-state index in [1.807, 2.05) is 0 Å². The second kappa shape index (κ2) is 4.05. The van der Waals surface area contributed by atoms with Crippen molar-refractivity contribution in [1.82, 2.24) is 10.0 Å². The van der Waals surface area contributed by atoms with E-state index in [9.17, 15) is 18.0 Å². The van der Waals surface area contributed by atoms with Gasteiger partial charge in [-0.15, -0.1) is 0 Å². The lowest BCUT2D eigenvalue weighted by atomic mass is 10.1. The Morgan fingerprint density at radius 2 is 2.14 bits per heavy atom. The summed E-state index contributed by atoms with van der Waals surface area (Å²) in [5.74, 6) is -1.01. The van der Waals surface area contributed by atoms with Crippen molar-refractivity contribution in [3.05, 3.63) is 0 Å². The maximum absolute atomic E-state index is 11.1. The summed E-state index contributed by atoms with van der Waals surface area (Å²) in [6.45, 7) is 1.48. The van der Waals surface area contributed by atoms with Gasteiger partial charge in [-0.3, -0.25) is 14.9 Å². The third-order valence-electron chi connectivity index (χ3n) is 1.94. The smallest absolute Gasteiger partial charge is 0.244 e. The van der Waals surface area contributed by atoms with Gasteiger partial charge in [-0.25, -0.2) is 13.1 Å². The molecule has 1 heterocycles. The first-order valence-electron chi connectivity index (χ1n) is 4.28. The van der Waals surface area contributed by atoms with Crippen LogP contribution in [0.15, 0.2) is 0 Å². The SMILES string of the molecule is CCS(=O)(=O)NC1CCC(=O)NC1=O. The first-order chi connectivity index (χ1) is 6.44. The predicted molar refractivity (Wildman–Crippen MR) is 48.8 cm³/mol. The molecule has 1 unspecified atom stereocenters. The van der Waals surface area contributed by atoms with Crippen LogP contribution >= 0.6 is 0 Å². The van der Waals surface area contributed by atoms with Gasteiger partial charge >= 0.3 is 0 Å². The largest absolute Gasteiger partial charge is 0.295 e. The van der Waals surface area contributed by atoms with Gasteiger partial charge in [0.05, 0.1) is 5.75 Å². The average Bonchev–Trinajstić information content (AvgIpc) is 2.10. The van der Waals surface area contributed by atoms with Gasteiger partial charge in [-0.05, 0) is 13.3 Å². The van der Waals surface area contributed by atoms with Crippen molar-refractivity contribution in [2.24, 2.45) is 0 Å². The number of nitrogens with one attached hydrogen (secondary N) is 2. The van der Waals surface area contributed by atoms with E-state index in [1.165, 1.54) is 6.92 Å². The van der Waals surface area contributed by atoms with E-state index in [1.54, 1.807) is 0 Å². The second-order valence-corrected chi connectivity index (χ2v) is 5.07. The molecule has 6 nitrogen and oxygen atoms in total. The van der Waals surface area contributed by atoms with Gasteiger partial charge in [0.1, 0.15) is 6.04 Å². The summed E-state index contributed by atoms with van der Waals surface area (Å²) in [7, 11) is -3.39. The van der Waals surface area contributed by atoms with Gasteiger partial charge in [0.2, 0.25) is 21.8 Å². The molecule has 7 heteroatoms. The molecule has 0 spiro atoms. The molecule has 2 amide bonds. The summed E-state index contributed by atoms with van der Waals surface area (Å²) in [5.41, 5.74) is 0. The molecule has 0 aromatic rings. The van der Waals surface area contributed by atoms with Crippen LogP contribution in [-0.4, -0.2) is 32.0 Å². The van der Waals surface area contributed by atoms with Crippen LogP contribution in [0, 0.1) is 0 Å². The topological polar surface area (TPSA) is 92.3 Å². The normalized spacial score (nSPS) is 23.4. The van der Waals surface area contributed by atoms with E-state index in [0.29, 0.717) is 0 Å². The Morgan fingerprint density at radius 3 is 2.64 bits per heavy atom. The summed E-state index contributed by atoms with van der Waals surface area (Å²) in [4.78, 5) is 21.9. The molecule has 0 bridgehead atoms. The van der Waals surface area contributed by atoms with E-state index in [2.05, 4.69) is 10.0 Å². The molecule has 1 atom stereocenters. The van der Waals surface area contributed by atoms with Gasteiger partial charge in [0, 0.05) is 6.42 Å². The number of rotatable bonds is 3. The van der Waals surface area contributed by atoms with E-state index in [-0.39, 0.29) is 24.5 Å². The van der Waals surface area contributed by atoms with E-state index in [4.69, 9.17) is 0 Å². The molecule has 0 aromatic carbocycles. The number of amides is 2. The van der Waals surface area contributed by atoms with Crippen LogP contribution in [-0.2, 0) is 19.6 Å². The van der Waals surface area contributed by atoms with Crippen LogP contribution in [0.5, 0.6) is 0 Å². The van der Waals surface area contributed by atoms with Crippen molar-refractivity contribution in [1.29, 1.82) is 0 Å². The zero-order valence-corrected chi connectivity index (χ0v) is 8.56. The van der Waals surface area contributed by atoms with Crippen molar-refractivity contribution in [2.75, 3.05) is 5.75 Å². The van der Waals surface area contributed by atoms with Crippen LogP contribution < -0.4 is 10.0 Å². The molecule has 1 aliphatic rings. The summed E-state index contributed by atoms with van der Waals surface area (Å²) >= 11 is 0. The first kappa shape index (κ1) is 11.1. The molecule has 2 N–H and O–H groups in total. The lowest BCUT2D eigenvalue weighted by Crippen LogP contribution is -2.52. The van der Waals surface area contributed by atoms with Crippen molar-refractivity contribution >= 4 is 21.8 Å². The summed E-state index contributed by atoms with van der Waals surface area (Å²) in [6.07, 6.45) is 0.395. The molecular weight excluding hydrogens is 208 g/mol. The number of hydrogen-bond acceptors (Lipinski definition) is 4. The highest BCUT2D eigenvalue weighted by molar-refractivity contribution is 7.89. The Kier molecular flexibility index (Phi) is 3.22. The lowest BCUT2D eigenvalue weighted by molar-refractivity contribution is -0.134. The summed E-state index contributed by atoms with van der Waals surface area (Å²) < 4.78 is 24.5. The number of hydrogen-bond donors (Lipinski definition) is 2. The Bertz CT molecular complexity index is 349. The van der Waals surface area contributed by atoms with Crippen LogP contribution in [0.3, 0.4) is 0 Å². The minimum absolute atomic E-state index is 0.0786. The number of piperidine rings is 1. The van der Waals surface area contributed by atoms with E-state index >= 15 is 0 Å². The third kappa shape index (κ3) is 2.78. The fraction of sp³-hybridized carbons (Fsp3) is 0.714. The summed E-state index contributed by atoms with van der Waals surface area (Å²) in [6, 6.07) is -0.808. The Balaban J connectivity index is 2.63. The van der Waals surface area contributed by atoms with Crippen LogP contribution in [0.25, 0.3) is 0 Å². The second-order valence-electron chi connectivity index (χ2n) is 3.02. The van der Waals surface area contributed by atoms with Crippen molar-refractivity contribution < 1.29 is 18.0 Å². The van der Waals surface area contributed by atoms with Crippen LogP contribution in [0.1, 0.15) is 19.8 Å². The average molecular weight is 220 g/mol. The monoisotopic (exact) mass is 220 g/mol. The molecule has 1 saturated heterocycles. The van der Waals surface area contributed by atoms with Gasteiger partial charge in [0.15, 0.2) is 0 Å². The standard InChI is InChI=1S/C7H12N2O4S/c1-2-14(12,13)9-5-3-4-6(10)8-7(5)11/h5,9H,2-4H2,1H3,(H,8,10,11). The van der Waals surface area contributed by atoms with Gasteiger partial charge in [-0.1, -0.05) is 0 Å². The van der Waals surface area contributed by atoms with Crippen LogP contribution in [0.4, 0.5) is 0 Å². The number of sulfonamides is 1. The fourth-order valence-electron chi connectivity index (χ4n) is 1.11. The Morgan fingerprint density at radius 1 is 1.50 bits per heavy atom. The first-order valence-corrected chi connectivity index (χ1v) is 5.93. The molecule has 0 aromatic heterocycles. The van der Waals surface area contributed by atoms with Crippen molar-refractivity contribution in [3.8, 4) is 0 Å². The maximum atomic E-state index is 11.1. The van der Waals surface area contributed by atoms with Crippen molar-refractivity contribution in [3.63, 3.8) is 0 Å². The number of carbonyl (C=O) groups is 2. The van der Waals surface area contributed by atoms with E-state index < -0.39 is 22.0 Å². The highest BCUT2D eigenvalue weighted by Crippen LogP contribution is 2.05. The lowest BCUT2D eigenvalue weighted by Gasteiger charge is -2.21. The highest BCUT2D eigenvalue weighted by atomic mass is 32.2.